The maximum Gasteiger partial charge on any atom is 0.0300 e. The van der Waals surface area contributed by atoms with Gasteiger partial charge < -0.3 is 10.6 Å². The molecular formula is C11H18N2S. The second-order valence-electron chi connectivity index (χ2n) is 3.94. The smallest absolute Gasteiger partial charge is 0.0300 e. The van der Waals surface area contributed by atoms with E-state index in [1.165, 1.54) is 29.1 Å². The minimum absolute atomic E-state index is 0.705. The van der Waals surface area contributed by atoms with Gasteiger partial charge in [0.15, 0.2) is 0 Å². The number of rotatable bonds is 4. The first kappa shape index (κ1) is 10.1. The fourth-order valence-electron chi connectivity index (χ4n) is 1.88. The van der Waals surface area contributed by atoms with Gasteiger partial charge in [-0.05, 0) is 38.4 Å². The maximum absolute atomic E-state index is 3.50. The Balaban J connectivity index is 1.67. The van der Waals surface area contributed by atoms with Crippen LogP contribution >= 0.6 is 11.3 Å². The molecule has 78 valence electrons. The Hall–Kier alpha value is -0.380. The quantitative estimate of drug-likeness (QED) is 0.793. The van der Waals surface area contributed by atoms with Crippen LogP contribution < -0.4 is 10.6 Å². The van der Waals surface area contributed by atoms with Crippen molar-refractivity contribution in [1.82, 2.24) is 10.6 Å². The summed E-state index contributed by atoms with van der Waals surface area (Å²) >= 11 is 1.89. The largest absolute Gasteiger partial charge is 0.313 e. The summed E-state index contributed by atoms with van der Waals surface area (Å²) in [5.74, 6) is 0. The SMILES string of the molecule is Cc1ccc(CNCC2CCCN2)s1. The highest BCUT2D eigenvalue weighted by Crippen LogP contribution is 2.14. The first-order valence-corrected chi connectivity index (χ1v) is 6.15. The van der Waals surface area contributed by atoms with E-state index in [-0.39, 0.29) is 0 Å². The second kappa shape index (κ2) is 4.91. The molecule has 0 bridgehead atoms. The van der Waals surface area contributed by atoms with Crippen molar-refractivity contribution in [3.8, 4) is 0 Å². The maximum atomic E-state index is 3.50. The summed E-state index contributed by atoms with van der Waals surface area (Å²) in [5.41, 5.74) is 0. The average Bonchev–Trinajstić information content (AvgIpc) is 2.77. The van der Waals surface area contributed by atoms with Crippen LogP contribution in [0, 0.1) is 6.92 Å². The Labute approximate surface area is 89.7 Å². The third kappa shape index (κ3) is 2.80. The van der Waals surface area contributed by atoms with Crippen LogP contribution in [0.5, 0.6) is 0 Å². The summed E-state index contributed by atoms with van der Waals surface area (Å²) in [6.45, 7) is 5.49. The molecular weight excluding hydrogens is 192 g/mol. The highest BCUT2D eigenvalue weighted by atomic mass is 32.1. The van der Waals surface area contributed by atoms with E-state index in [2.05, 4.69) is 29.7 Å². The number of hydrogen-bond acceptors (Lipinski definition) is 3. The summed E-state index contributed by atoms with van der Waals surface area (Å²) in [4.78, 5) is 2.85. The van der Waals surface area contributed by atoms with E-state index in [0.29, 0.717) is 6.04 Å². The van der Waals surface area contributed by atoms with Crippen molar-refractivity contribution in [3.05, 3.63) is 21.9 Å². The first-order chi connectivity index (χ1) is 6.84. The zero-order valence-electron chi connectivity index (χ0n) is 8.68. The molecule has 0 amide bonds. The third-order valence-corrected chi connectivity index (χ3v) is 3.65. The molecule has 0 aliphatic carbocycles. The Morgan fingerprint density at radius 2 is 2.50 bits per heavy atom. The van der Waals surface area contributed by atoms with Gasteiger partial charge in [0.1, 0.15) is 0 Å². The standard InChI is InChI=1S/C11H18N2S/c1-9-4-5-11(14-9)8-12-7-10-3-2-6-13-10/h4-5,10,12-13H,2-3,6-8H2,1H3. The van der Waals surface area contributed by atoms with Crippen molar-refractivity contribution < 1.29 is 0 Å². The van der Waals surface area contributed by atoms with E-state index in [1.54, 1.807) is 0 Å². The lowest BCUT2D eigenvalue weighted by molar-refractivity contribution is 0.537. The van der Waals surface area contributed by atoms with Crippen molar-refractivity contribution in [2.75, 3.05) is 13.1 Å². The topological polar surface area (TPSA) is 24.1 Å². The molecule has 1 aromatic heterocycles. The zero-order valence-corrected chi connectivity index (χ0v) is 9.49. The fourth-order valence-corrected chi connectivity index (χ4v) is 2.74. The minimum Gasteiger partial charge on any atom is -0.313 e. The summed E-state index contributed by atoms with van der Waals surface area (Å²) in [5, 5.41) is 6.99. The van der Waals surface area contributed by atoms with Crippen molar-refractivity contribution in [3.63, 3.8) is 0 Å². The number of hydrogen-bond donors (Lipinski definition) is 2. The minimum atomic E-state index is 0.705. The molecule has 1 saturated heterocycles. The van der Waals surface area contributed by atoms with Crippen LogP contribution in [0.3, 0.4) is 0 Å². The third-order valence-electron chi connectivity index (χ3n) is 2.65. The van der Waals surface area contributed by atoms with Gasteiger partial charge in [0.2, 0.25) is 0 Å². The number of aryl methyl sites for hydroxylation is 1. The van der Waals surface area contributed by atoms with Crippen LogP contribution in [-0.4, -0.2) is 19.1 Å². The number of nitrogens with one attached hydrogen (secondary N) is 2. The van der Waals surface area contributed by atoms with Crippen molar-refractivity contribution in [2.45, 2.75) is 32.4 Å². The van der Waals surface area contributed by atoms with Gasteiger partial charge in [-0.15, -0.1) is 11.3 Å². The zero-order chi connectivity index (χ0) is 9.80. The molecule has 0 spiro atoms. The molecule has 3 heteroatoms. The van der Waals surface area contributed by atoms with E-state index in [9.17, 15) is 0 Å². The molecule has 14 heavy (non-hydrogen) atoms. The molecule has 1 aromatic rings. The lowest BCUT2D eigenvalue weighted by atomic mass is 10.2. The Bertz CT molecular complexity index is 277. The summed E-state index contributed by atoms with van der Waals surface area (Å²) in [6.07, 6.45) is 2.67. The lowest BCUT2D eigenvalue weighted by Gasteiger charge is -2.10. The molecule has 1 aliphatic heterocycles. The second-order valence-corrected chi connectivity index (χ2v) is 5.31. The molecule has 2 N–H and O–H groups in total. The van der Waals surface area contributed by atoms with E-state index in [4.69, 9.17) is 0 Å². The van der Waals surface area contributed by atoms with Crippen LogP contribution in [0.4, 0.5) is 0 Å². The highest BCUT2D eigenvalue weighted by molar-refractivity contribution is 7.11. The first-order valence-electron chi connectivity index (χ1n) is 5.34. The Morgan fingerprint density at radius 3 is 3.14 bits per heavy atom. The molecule has 0 radical (unpaired) electrons. The Morgan fingerprint density at radius 1 is 1.57 bits per heavy atom. The van der Waals surface area contributed by atoms with E-state index >= 15 is 0 Å². The summed E-state index contributed by atoms with van der Waals surface area (Å²) in [7, 11) is 0. The van der Waals surface area contributed by atoms with Crippen LogP contribution in [0.1, 0.15) is 22.6 Å². The van der Waals surface area contributed by atoms with Crippen molar-refractivity contribution >= 4 is 11.3 Å². The van der Waals surface area contributed by atoms with Crippen LogP contribution in [0.25, 0.3) is 0 Å². The number of thiophene rings is 1. The highest BCUT2D eigenvalue weighted by Gasteiger charge is 2.12. The van der Waals surface area contributed by atoms with Gasteiger partial charge >= 0.3 is 0 Å². The molecule has 0 aromatic carbocycles. The monoisotopic (exact) mass is 210 g/mol. The van der Waals surface area contributed by atoms with Crippen LogP contribution in [-0.2, 0) is 6.54 Å². The molecule has 2 rings (SSSR count). The van der Waals surface area contributed by atoms with Crippen LogP contribution in [0.15, 0.2) is 12.1 Å². The lowest BCUT2D eigenvalue weighted by Crippen LogP contribution is -2.33. The normalized spacial score (nSPS) is 21.6. The van der Waals surface area contributed by atoms with E-state index in [1.807, 2.05) is 11.3 Å². The summed E-state index contributed by atoms with van der Waals surface area (Å²) in [6, 6.07) is 5.11. The molecule has 1 unspecified atom stereocenters. The van der Waals surface area contributed by atoms with Crippen molar-refractivity contribution in [2.24, 2.45) is 0 Å². The van der Waals surface area contributed by atoms with Gasteiger partial charge in [0.05, 0.1) is 0 Å². The van der Waals surface area contributed by atoms with Gasteiger partial charge in [-0.3, -0.25) is 0 Å². The summed E-state index contributed by atoms with van der Waals surface area (Å²) < 4.78 is 0. The molecule has 1 aliphatic rings. The van der Waals surface area contributed by atoms with Crippen molar-refractivity contribution in [1.29, 1.82) is 0 Å². The molecule has 0 saturated carbocycles. The molecule has 1 fully saturated rings. The van der Waals surface area contributed by atoms with Gasteiger partial charge in [0.25, 0.3) is 0 Å². The predicted octanol–water partition coefficient (Wildman–Crippen LogP) is 1.90. The van der Waals surface area contributed by atoms with Gasteiger partial charge in [-0.2, -0.15) is 0 Å². The van der Waals surface area contributed by atoms with Crippen LogP contribution in [0.2, 0.25) is 0 Å². The van der Waals surface area contributed by atoms with Gasteiger partial charge in [0, 0.05) is 28.9 Å². The van der Waals surface area contributed by atoms with Gasteiger partial charge in [-0.1, -0.05) is 0 Å². The molecule has 2 heterocycles. The van der Waals surface area contributed by atoms with E-state index in [0.717, 1.165) is 13.1 Å². The predicted molar refractivity (Wildman–Crippen MR) is 61.8 cm³/mol. The van der Waals surface area contributed by atoms with E-state index < -0.39 is 0 Å². The fraction of sp³-hybridized carbons (Fsp3) is 0.636. The van der Waals surface area contributed by atoms with Gasteiger partial charge in [-0.25, -0.2) is 0 Å². The molecule has 2 nitrogen and oxygen atoms in total. The average molecular weight is 210 g/mol. The molecule has 1 atom stereocenters. The Kier molecular flexibility index (Phi) is 3.56.